The van der Waals surface area contributed by atoms with Gasteiger partial charge in [0.05, 0.1) is 0 Å². The number of carbonyl (C=O) groups excluding carboxylic acids is 1. The van der Waals surface area contributed by atoms with Gasteiger partial charge in [0.25, 0.3) is 0 Å². The highest BCUT2D eigenvalue weighted by molar-refractivity contribution is 9.06. The Morgan fingerprint density at radius 3 is 2.75 bits per heavy atom. The molecule has 0 amide bonds. The lowest BCUT2D eigenvalue weighted by Crippen LogP contribution is -1.97. The molecule has 0 atom stereocenters. The van der Waals surface area contributed by atoms with E-state index in [2.05, 4.69) is 20.1 Å². The maximum atomic E-state index is 10.9. The van der Waals surface area contributed by atoms with Gasteiger partial charge < -0.3 is 8.93 Å². The molecule has 0 fully saturated rings. The molecule has 0 bridgehead atoms. The average molecular weight is 231 g/mol. The van der Waals surface area contributed by atoms with Gasteiger partial charge in [-0.1, -0.05) is 6.07 Å². The number of hydrogen-bond donors (Lipinski definition) is 1. The molecule has 0 aromatic heterocycles. The van der Waals surface area contributed by atoms with Crippen molar-refractivity contribution in [2.75, 3.05) is 0 Å². The van der Waals surface area contributed by atoms with Crippen LogP contribution in [0.2, 0.25) is 0 Å². The fourth-order valence-electron chi connectivity index (χ4n) is 0.856. The van der Waals surface area contributed by atoms with Crippen molar-refractivity contribution in [3.63, 3.8) is 0 Å². The Kier molecular flexibility index (Phi) is 2.70. The Morgan fingerprint density at radius 2 is 2.25 bits per heavy atom. The summed E-state index contributed by atoms with van der Waals surface area (Å²) in [6.45, 7) is 1.82. The Morgan fingerprint density at radius 1 is 1.58 bits per heavy atom. The Labute approximate surface area is 78.4 Å². The van der Waals surface area contributed by atoms with E-state index in [-0.39, 0.29) is 11.3 Å². The van der Waals surface area contributed by atoms with Crippen molar-refractivity contribution in [1.82, 2.24) is 0 Å². The first-order valence-corrected chi connectivity index (χ1v) is 3.92. The highest BCUT2D eigenvalue weighted by Crippen LogP contribution is 2.19. The number of aromatic hydroxyl groups is 1. The van der Waals surface area contributed by atoms with Crippen LogP contribution in [0, 0.1) is 6.92 Å². The van der Waals surface area contributed by atoms with Crippen LogP contribution in [0.3, 0.4) is 0 Å². The van der Waals surface area contributed by atoms with E-state index in [1.54, 1.807) is 6.07 Å². The molecule has 0 aliphatic carbocycles. The number of phenolic OH excluding ortho intramolecular Hbond substituents is 1. The highest BCUT2D eigenvalue weighted by atomic mass is 79.9. The number of aryl methyl sites for hydroxylation is 1. The average Bonchev–Trinajstić information content (AvgIpc) is 2.03. The molecule has 1 N–H and O–H groups in total. The Bertz CT molecular complexity index is 309. The zero-order chi connectivity index (χ0) is 9.14. The lowest BCUT2D eigenvalue weighted by atomic mass is 10.1. The van der Waals surface area contributed by atoms with Crippen molar-refractivity contribution in [3.8, 4) is 5.75 Å². The molecule has 1 rings (SSSR count). The zero-order valence-corrected chi connectivity index (χ0v) is 7.96. The normalized spacial score (nSPS) is 9.50. The molecule has 1 aromatic rings. The minimum Gasteiger partial charge on any atom is -0.507 e. The number of phenols is 1. The first kappa shape index (κ1) is 9.06. The summed E-state index contributed by atoms with van der Waals surface area (Å²) in [6.07, 6.45) is 0. The van der Waals surface area contributed by atoms with Gasteiger partial charge in [0.2, 0.25) is 0 Å². The Hall–Kier alpha value is -1.03. The van der Waals surface area contributed by atoms with E-state index in [4.69, 9.17) is 0 Å². The van der Waals surface area contributed by atoms with Gasteiger partial charge in [0.15, 0.2) is 16.3 Å². The predicted octanol–water partition coefficient (Wildman–Crippen LogP) is 2.17. The van der Waals surface area contributed by atoms with Crippen LogP contribution in [0.25, 0.3) is 0 Å². The van der Waals surface area contributed by atoms with Crippen molar-refractivity contribution >= 4 is 22.2 Å². The van der Waals surface area contributed by atoms with E-state index in [0.717, 1.165) is 5.56 Å². The number of benzene rings is 1. The van der Waals surface area contributed by atoms with Gasteiger partial charge in [-0.05, 0) is 24.6 Å². The van der Waals surface area contributed by atoms with Crippen molar-refractivity contribution in [3.05, 3.63) is 29.3 Å². The molecule has 4 heteroatoms. The third-order valence-corrected chi connectivity index (χ3v) is 1.74. The second kappa shape index (κ2) is 3.58. The van der Waals surface area contributed by atoms with E-state index in [0.29, 0.717) is 0 Å². The maximum Gasteiger partial charge on any atom is 0.353 e. The third-order valence-electron chi connectivity index (χ3n) is 1.44. The van der Waals surface area contributed by atoms with Crippen LogP contribution in [-0.2, 0) is 3.83 Å². The van der Waals surface area contributed by atoms with E-state index in [1.807, 2.05) is 6.92 Å². The summed E-state index contributed by atoms with van der Waals surface area (Å²) >= 11 is 2.54. The molecule has 1 aromatic carbocycles. The largest absolute Gasteiger partial charge is 0.507 e. The molecule has 0 unspecified atom stereocenters. The molecule has 0 saturated heterocycles. The molecule has 3 nitrogen and oxygen atoms in total. The lowest BCUT2D eigenvalue weighted by Gasteiger charge is -2.00. The number of hydrogen-bond acceptors (Lipinski definition) is 3. The van der Waals surface area contributed by atoms with Crippen molar-refractivity contribution in [2.24, 2.45) is 0 Å². The number of rotatable bonds is 1. The SMILES string of the molecule is Cc1ccc(C(=O)OBr)c(O)c1. The van der Waals surface area contributed by atoms with Gasteiger partial charge in [-0.3, -0.25) is 0 Å². The second-order valence-corrected chi connectivity index (χ2v) is 2.71. The summed E-state index contributed by atoms with van der Waals surface area (Å²) in [6, 6.07) is 4.73. The summed E-state index contributed by atoms with van der Waals surface area (Å²) in [5.74, 6) is -0.674. The zero-order valence-electron chi connectivity index (χ0n) is 6.37. The maximum absolute atomic E-state index is 10.9. The molecule has 0 radical (unpaired) electrons. The van der Waals surface area contributed by atoms with Crippen LogP contribution in [0.4, 0.5) is 0 Å². The topological polar surface area (TPSA) is 46.5 Å². The summed E-state index contributed by atoms with van der Waals surface area (Å²) < 4.78 is 4.27. The molecular weight excluding hydrogens is 224 g/mol. The number of carbonyl (C=O) groups is 1. The molecule has 0 saturated carbocycles. The standard InChI is InChI=1S/C8H7BrO3/c1-5-2-3-6(7(10)4-5)8(11)12-9/h2-4,10H,1H3. The van der Waals surface area contributed by atoms with Crippen LogP contribution in [-0.4, -0.2) is 11.1 Å². The van der Waals surface area contributed by atoms with Crippen LogP contribution < -0.4 is 0 Å². The van der Waals surface area contributed by atoms with Crippen LogP contribution in [0.15, 0.2) is 18.2 Å². The van der Waals surface area contributed by atoms with E-state index in [1.165, 1.54) is 12.1 Å². The van der Waals surface area contributed by atoms with Crippen molar-refractivity contribution in [1.29, 1.82) is 0 Å². The molecule has 0 aliphatic heterocycles. The number of halogens is 1. The smallest absolute Gasteiger partial charge is 0.353 e. The van der Waals surface area contributed by atoms with Gasteiger partial charge >= 0.3 is 5.97 Å². The Balaban J connectivity index is 3.09. The van der Waals surface area contributed by atoms with E-state index < -0.39 is 5.97 Å². The van der Waals surface area contributed by atoms with Crippen molar-refractivity contribution in [2.45, 2.75) is 6.92 Å². The van der Waals surface area contributed by atoms with E-state index >= 15 is 0 Å². The van der Waals surface area contributed by atoms with Gasteiger partial charge in [0, 0.05) is 0 Å². The molecule has 12 heavy (non-hydrogen) atoms. The summed E-state index contributed by atoms with van der Waals surface area (Å²) in [5, 5.41) is 9.27. The molecular formula is C8H7BrO3. The fourth-order valence-corrected chi connectivity index (χ4v) is 1.03. The van der Waals surface area contributed by atoms with E-state index in [9.17, 15) is 9.90 Å². The molecule has 0 spiro atoms. The molecule has 0 heterocycles. The van der Waals surface area contributed by atoms with Crippen LogP contribution in [0.1, 0.15) is 15.9 Å². The molecule has 0 aliphatic rings. The highest BCUT2D eigenvalue weighted by Gasteiger charge is 2.10. The van der Waals surface area contributed by atoms with Gasteiger partial charge in [-0.25, -0.2) is 4.79 Å². The fraction of sp³-hybridized carbons (Fsp3) is 0.125. The summed E-state index contributed by atoms with van der Waals surface area (Å²) in [5.41, 5.74) is 1.04. The molecule has 64 valence electrons. The summed E-state index contributed by atoms with van der Waals surface area (Å²) in [4.78, 5) is 10.9. The minimum atomic E-state index is -0.604. The second-order valence-electron chi connectivity index (χ2n) is 2.39. The van der Waals surface area contributed by atoms with Crippen molar-refractivity contribution < 1.29 is 13.7 Å². The predicted molar refractivity (Wildman–Crippen MR) is 47.2 cm³/mol. The van der Waals surface area contributed by atoms with Gasteiger partial charge in [-0.15, -0.1) is 0 Å². The van der Waals surface area contributed by atoms with Gasteiger partial charge in [0.1, 0.15) is 11.3 Å². The first-order chi connectivity index (χ1) is 5.65. The monoisotopic (exact) mass is 230 g/mol. The summed E-state index contributed by atoms with van der Waals surface area (Å²) in [7, 11) is 0. The van der Waals surface area contributed by atoms with Crippen LogP contribution >= 0.6 is 16.3 Å². The minimum absolute atomic E-state index is 0.0700. The quantitative estimate of drug-likeness (QED) is 0.805. The van der Waals surface area contributed by atoms with Crippen LogP contribution in [0.5, 0.6) is 5.75 Å². The van der Waals surface area contributed by atoms with Gasteiger partial charge in [-0.2, -0.15) is 0 Å². The lowest BCUT2D eigenvalue weighted by molar-refractivity contribution is 0.0779. The third kappa shape index (κ3) is 1.76. The first-order valence-electron chi connectivity index (χ1n) is 3.27.